The average Bonchev–Trinajstić information content (AvgIpc) is 2.56. The van der Waals surface area contributed by atoms with Crippen LogP contribution < -0.4 is 0 Å². The molecule has 1 unspecified atom stereocenters. The van der Waals surface area contributed by atoms with Gasteiger partial charge in [0.2, 0.25) is 4.75 Å². The molecule has 1 aromatic rings. The Morgan fingerprint density at radius 3 is 2.61 bits per heavy atom. The van der Waals surface area contributed by atoms with Crippen LogP contribution >= 0.6 is 0 Å². The van der Waals surface area contributed by atoms with Crippen molar-refractivity contribution >= 4 is 16.1 Å². The van der Waals surface area contributed by atoms with Crippen molar-refractivity contribution in [3.63, 3.8) is 0 Å². The van der Waals surface area contributed by atoms with E-state index in [0.29, 0.717) is 13.0 Å². The molecule has 1 saturated heterocycles. The molecule has 0 aromatic heterocycles. The Morgan fingerprint density at radius 1 is 1.30 bits per heavy atom. The van der Waals surface area contributed by atoms with Gasteiger partial charge in [0.25, 0.3) is 10.1 Å². The van der Waals surface area contributed by atoms with Gasteiger partial charge in [0.05, 0.1) is 13.7 Å². The van der Waals surface area contributed by atoms with Crippen molar-refractivity contribution in [2.45, 2.75) is 31.1 Å². The largest absolute Gasteiger partial charge is 0.465 e. The number of esters is 1. The summed E-state index contributed by atoms with van der Waals surface area (Å²) in [6.07, 6.45) is 0.807. The first kappa shape index (κ1) is 17.9. The van der Waals surface area contributed by atoms with Crippen LogP contribution in [0.3, 0.4) is 0 Å². The number of benzene rings is 1. The van der Waals surface area contributed by atoms with Crippen LogP contribution in [-0.4, -0.2) is 50.8 Å². The van der Waals surface area contributed by atoms with Crippen molar-refractivity contribution in [3.05, 3.63) is 35.9 Å². The predicted octanol–water partition coefficient (Wildman–Crippen LogP) is 1.56. The smallest absolute Gasteiger partial charge is 0.331 e. The maximum atomic E-state index is 12.4. The normalized spacial score (nSPS) is 22.7. The minimum atomic E-state index is -4.05. The summed E-state index contributed by atoms with van der Waals surface area (Å²) in [6.45, 7) is 3.20. The molecular weight excluding hydrogens is 318 g/mol. The molecule has 0 aliphatic carbocycles. The third-order valence-corrected chi connectivity index (χ3v) is 6.02. The zero-order chi connectivity index (χ0) is 16.9. The molecule has 0 spiro atoms. The van der Waals surface area contributed by atoms with E-state index in [-0.39, 0.29) is 19.6 Å². The standard InChI is InChI=1S/C16H23NO5S/c1-3-22-15(18)16(23(19,20)21-2)10-7-11-17(13-16)12-14-8-5-4-6-9-14/h4-6,8-9H,3,7,10-13H2,1-2H3. The number of nitrogens with zero attached hydrogens (tertiary/aromatic N) is 1. The maximum Gasteiger partial charge on any atom is 0.331 e. The van der Waals surface area contributed by atoms with E-state index < -0.39 is 20.8 Å². The zero-order valence-corrected chi connectivity index (χ0v) is 14.3. The van der Waals surface area contributed by atoms with Crippen LogP contribution in [0.2, 0.25) is 0 Å². The van der Waals surface area contributed by atoms with Crippen molar-refractivity contribution in [2.24, 2.45) is 0 Å². The van der Waals surface area contributed by atoms with Crippen molar-refractivity contribution in [1.82, 2.24) is 4.90 Å². The number of hydrogen-bond donors (Lipinski definition) is 0. The molecule has 0 N–H and O–H groups in total. The van der Waals surface area contributed by atoms with Gasteiger partial charge in [-0.2, -0.15) is 8.42 Å². The minimum Gasteiger partial charge on any atom is -0.465 e. The fraction of sp³-hybridized carbons (Fsp3) is 0.562. The van der Waals surface area contributed by atoms with Crippen molar-refractivity contribution in [2.75, 3.05) is 26.8 Å². The second-order valence-corrected chi connectivity index (χ2v) is 7.66. The Balaban J connectivity index is 2.26. The Kier molecular flexibility index (Phi) is 5.78. The molecule has 23 heavy (non-hydrogen) atoms. The molecule has 2 rings (SSSR count). The van der Waals surface area contributed by atoms with Gasteiger partial charge >= 0.3 is 5.97 Å². The Labute approximate surface area is 137 Å². The highest BCUT2D eigenvalue weighted by Crippen LogP contribution is 2.32. The molecule has 0 radical (unpaired) electrons. The lowest BCUT2D eigenvalue weighted by atomic mass is 9.96. The number of piperidine rings is 1. The van der Waals surface area contributed by atoms with Crippen LogP contribution in [0.4, 0.5) is 0 Å². The number of hydrogen-bond acceptors (Lipinski definition) is 6. The molecule has 6 nitrogen and oxygen atoms in total. The minimum absolute atomic E-state index is 0.0803. The molecule has 0 bridgehead atoms. The van der Waals surface area contributed by atoms with Gasteiger partial charge in [-0.1, -0.05) is 30.3 Å². The molecule has 1 heterocycles. The van der Waals surface area contributed by atoms with E-state index in [9.17, 15) is 13.2 Å². The summed E-state index contributed by atoms with van der Waals surface area (Å²) in [4.78, 5) is 14.4. The summed E-state index contributed by atoms with van der Waals surface area (Å²) < 4.78 is 33.0. The quantitative estimate of drug-likeness (QED) is 0.577. The average molecular weight is 341 g/mol. The van der Waals surface area contributed by atoms with Gasteiger partial charge < -0.3 is 4.74 Å². The summed E-state index contributed by atoms with van der Waals surface area (Å²) in [5.74, 6) is -0.723. The summed E-state index contributed by atoms with van der Waals surface area (Å²) in [5.41, 5.74) is 1.07. The third kappa shape index (κ3) is 3.73. The molecule has 1 atom stereocenters. The van der Waals surface area contributed by atoms with Crippen LogP contribution in [0.5, 0.6) is 0 Å². The van der Waals surface area contributed by atoms with Gasteiger partial charge in [0.1, 0.15) is 0 Å². The molecule has 1 fully saturated rings. The monoisotopic (exact) mass is 341 g/mol. The number of likely N-dealkylation sites (tertiary alicyclic amines) is 1. The fourth-order valence-corrected chi connectivity index (χ4v) is 4.30. The Morgan fingerprint density at radius 2 is 2.00 bits per heavy atom. The van der Waals surface area contributed by atoms with E-state index in [4.69, 9.17) is 8.92 Å². The molecule has 0 amide bonds. The lowest BCUT2D eigenvalue weighted by Gasteiger charge is -2.39. The van der Waals surface area contributed by atoms with E-state index in [0.717, 1.165) is 19.2 Å². The molecular formula is C16H23NO5S. The van der Waals surface area contributed by atoms with E-state index in [1.165, 1.54) is 0 Å². The fourth-order valence-electron chi connectivity index (χ4n) is 2.98. The predicted molar refractivity (Wildman–Crippen MR) is 86.2 cm³/mol. The second kappa shape index (κ2) is 7.42. The van der Waals surface area contributed by atoms with Gasteiger partial charge in [-0.15, -0.1) is 0 Å². The van der Waals surface area contributed by atoms with Gasteiger partial charge in [-0.25, -0.2) is 0 Å². The van der Waals surface area contributed by atoms with Crippen molar-refractivity contribution in [1.29, 1.82) is 0 Å². The summed E-state index contributed by atoms with van der Waals surface area (Å²) in [5, 5.41) is 0. The zero-order valence-electron chi connectivity index (χ0n) is 13.5. The third-order valence-electron chi connectivity index (χ3n) is 4.13. The Hall–Kier alpha value is -1.44. The molecule has 7 heteroatoms. The second-order valence-electron chi connectivity index (χ2n) is 5.64. The van der Waals surface area contributed by atoms with Gasteiger partial charge in [-0.3, -0.25) is 13.9 Å². The SMILES string of the molecule is CCOC(=O)C1(S(=O)(=O)OC)CCCN(Cc2ccccc2)C1. The van der Waals surface area contributed by atoms with Gasteiger partial charge in [0, 0.05) is 13.1 Å². The lowest BCUT2D eigenvalue weighted by Crippen LogP contribution is -2.58. The summed E-state index contributed by atoms with van der Waals surface area (Å²) in [6, 6.07) is 9.75. The van der Waals surface area contributed by atoms with Crippen LogP contribution in [0, 0.1) is 0 Å². The molecule has 0 saturated carbocycles. The van der Waals surface area contributed by atoms with Crippen LogP contribution in [0.15, 0.2) is 30.3 Å². The van der Waals surface area contributed by atoms with E-state index in [2.05, 4.69) is 0 Å². The number of rotatable bonds is 6. The number of carbonyl (C=O) groups is 1. The first-order valence-electron chi connectivity index (χ1n) is 7.69. The van der Waals surface area contributed by atoms with Crippen molar-refractivity contribution in [3.8, 4) is 0 Å². The lowest BCUT2D eigenvalue weighted by molar-refractivity contribution is -0.148. The first-order valence-corrected chi connectivity index (χ1v) is 9.09. The van der Waals surface area contributed by atoms with E-state index in [1.807, 2.05) is 35.2 Å². The highest BCUT2D eigenvalue weighted by Gasteiger charge is 2.55. The maximum absolute atomic E-state index is 12.4. The van der Waals surface area contributed by atoms with E-state index in [1.54, 1.807) is 6.92 Å². The summed E-state index contributed by atoms with van der Waals surface area (Å²) in [7, 11) is -2.96. The molecule has 1 aliphatic rings. The molecule has 128 valence electrons. The number of carbonyl (C=O) groups excluding carboxylic acids is 1. The van der Waals surface area contributed by atoms with Crippen molar-refractivity contribution < 1.29 is 22.1 Å². The first-order chi connectivity index (χ1) is 10.9. The van der Waals surface area contributed by atoms with Crippen LogP contribution in [-0.2, 0) is 30.4 Å². The summed E-state index contributed by atoms with van der Waals surface area (Å²) >= 11 is 0. The molecule has 1 aliphatic heterocycles. The topological polar surface area (TPSA) is 72.9 Å². The number of ether oxygens (including phenoxy) is 1. The highest BCUT2D eigenvalue weighted by atomic mass is 32.2. The Bertz CT molecular complexity index is 631. The van der Waals surface area contributed by atoms with Crippen LogP contribution in [0.25, 0.3) is 0 Å². The van der Waals surface area contributed by atoms with E-state index >= 15 is 0 Å². The highest BCUT2D eigenvalue weighted by molar-refractivity contribution is 7.89. The van der Waals surface area contributed by atoms with Gasteiger partial charge in [-0.05, 0) is 31.9 Å². The van der Waals surface area contributed by atoms with Crippen LogP contribution in [0.1, 0.15) is 25.3 Å². The molecule has 1 aromatic carbocycles. The van der Waals surface area contributed by atoms with Gasteiger partial charge in [0.15, 0.2) is 0 Å².